The predicted molar refractivity (Wildman–Crippen MR) is 120 cm³/mol. The normalized spacial score (nSPS) is 18.9. The third kappa shape index (κ3) is 4.46. The minimum atomic E-state index is -0.0284. The van der Waals surface area contributed by atoms with Crippen molar-refractivity contribution in [3.63, 3.8) is 0 Å². The number of quaternary nitrogens is 1. The molecule has 0 aliphatic carbocycles. The molecule has 3 aromatic rings. The second kappa shape index (κ2) is 9.26. The molecule has 30 heavy (non-hydrogen) atoms. The number of likely N-dealkylation sites (tertiary alicyclic amines) is 1. The molecule has 1 amide bonds. The van der Waals surface area contributed by atoms with Crippen molar-refractivity contribution in [2.24, 2.45) is 0 Å². The third-order valence-corrected chi connectivity index (χ3v) is 6.01. The number of benzene rings is 2. The van der Waals surface area contributed by atoms with Crippen molar-refractivity contribution in [3.05, 3.63) is 71.9 Å². The summed E-state index contributed by atoms with van der Waals surface area (Å²) in [5.41, 5.74) is 4.43. The number of nitrogens with zero attached hydrogens (tertiary/aromatic N) is 2. The van der Waals surface area contributed by atoms with Crippen LogP contribution < -0.4 is 10.2 Å². The van der Waals surface area contributed by atoms with Gasteiger partial charge in [-0.3, -0.25) is 4.79 Å². The third-order valence-electron chi connectivity index (χ3n) is 6.01. The number of nitrogens with one attached hydrogen (secondary N) is 2. The van der Waals surface area contributed by atoms with Gasteiger partial charge in [-0.05, 0) is 31.0 Å². The van der Waals surface area contributed by atoms with Crippen molar-refractivity contribution in [1.82, 2.24) is 15.1 Å². The lowest BCUT2D eigenvalue weighted by atomic mass is 10.0. The highest BCUT2D eigenvalue weighted by Crippen LogP contribution is 2.27. The number of amides is 1. The van der Waals surface area contributed by atoms with Gasteiger partial charge >= 0.3 is 0 Å². The van der Waals surface area contributed by atoms with Gasteiger partial charge in [-0.1, -0.05) is 49.4 Å². The van der Waals surface area contributed by atoms with Gasteiger partial charge in [0, 0.05) is 30.6 Å². The molecule has 2 heterocycles. The summed E-state index contributed by atoms with van der Waals surface area (Å²) >= 11 is 0. The Hall–Kier alpha value is -2.92. The van der Waals surface area contributed by atoms with Gasteiger partial charge in [-0.25, -0.2) is 4.68 Å². The Morgan fingerprint density at radius 1 is 1.10 bits per heavy atom. The Labute approximate surface area is 178 Å². The molecule has 1 aromatic heterocycles. The number of para-hydroxylation sites is 1. The molecular weight excluding hydrogens is 372 g/mol. The molecule has 0 spiro atoms. The van der Waals surface area contributed by atoms with E-state index in [-0.39, 0.29) is 11.9 Å². The van der Waals surface area contributed by atoms with Crippen LogP contribution in [-0.4, -0.2) is 41.4 Å². The predicted octanol–water partition coefficient (Wildman–Crippen LogP) is 3.03. The first-order valence-corrected chi connectivity index (χ1v) is 11.0. The SMILES string of the molecule is CCC[NH+]1CCC(NC(=O)c2cn(-c3ccccc3)nc2-c2ccccc2C)CC1. The fourth-order valence-electron chi connectivity index (χ4n) is 4.33. The summed E-state index contributed by atoms with van der Waals surface area (Å²) in [5.74, 6) is -0.0284. The van der Waals surface area contributed by atoms with E-state index < -0.39 is 0 Å². The average Bonchev–Trinajstić information content (AvgIpc) is 3.22. The van der Waals surface area contributed by atoms with Crippen LogP contribution in [0.3, 0.4) is 0 Å². The molecule has 0 saturated carbocycles. The summed E-state index contributed by atoms with van der Waals surface area (Å²) < 4.78 is 1.81. The van der Waals surface area contributed by atoms with Gasteiger partial charge in [-0.2, -0.15) is 5.10 Å². The van der Waals surface area contributed by atoms with Crippen LogP contribution in [0.1, 0.15) is 42.1 Å². The van der Waals surface area contributed by atoms with Crippen molar-refractivity contribution in [3.8, 4) is 16.9 Å². The molecule has 0 unspecified atom stereocenters. The van der Waals surface area contributed by atoms with E-state index in [1.807, 2.05) is 59.4 Å². The summed E-state index contributed by atoms with van der Waals surface area (Å²) in [6, 6.07) is 18.3. The molecule has 0 radical (unpaired) electrons. The Balaban J connectivity index is 1.61. The monoisotopic (exact) mass is 403 g/mol. The zero-order valence-corrected chi connectivity index (χ0v) is 17.9. The molecule has 1 aliphatic heterocycles. The molecule has 4 rings (SSSR count). The van der Waals surface area contributed by atoms with Crippen LogP contribution in [0.25, 0.3) is 16.9 Å². The van der Waals surface area contributed by atoms with Gasteiger partial charge in [0.1, 0.15) is 5.69 Å². The number of piperidine rings is 1. The Kier molecular flexibility index (Phi) is 6.29. The maximum absolute atomic E-state index is 13.3. The smallest absolute Gasteiger partial charge is 0.255 e. The van der Waals surface area contributed by atoms with Crippen LogP contribution in [0.2, 0.25) is 0 Å². The molecule has 5 nitrogen and oxygen atoms in total. The average molecular weight is 404 g/mol. The van der Waals surface area contributed by atoms with Crippen molar-refractivity contribution in [2.75, 3.05) is 19.6 Å². The number of aryl methyl sites for hydroxylation is 1. The molecule has 2 N–H and O–H groups in total. The summed E-state index contributed by atoms with van der Waals surface area (Å²) in [6.45, 7) is 7.78. The van der Waals surface area contributed by atoms with E-state index in [9.17, 15) is 4.79 Å². The first-order chi connectivity index (χ1) is 14.7. The second-order valence-corrected chi connectivity index (χ2v) is 8.23. The number of hydrogen-bond donors (Lipinski definition) is 2. The maximum Gasteiger partial charge on any atom is 0.255 e. The first kappa shape index (κ1) is 20.4. The topological polar surface area (TPSA) is 51.4 Å². The van der Waals surface area contributed by atoms with Crippen LogP contribution >= 0.6 is 0 Å². The van der Waals surface area contributed by atoms with Crippen molar-refractivity contribution in [2.45, 2.75) is 39.2 Å². The molecule has 156 valence electrons. The van der Waals surface area contributed by atoms with Crippen molar-refractivity contribution in [1.29, 1.82) is 0 Å². The summed E-state index contributed by atoms with van der Waals surface area (Å²) in [5, 5.41) is 8.10. The number of carbonyl (C=O) groups excluding carboxylic acids is 1. The van der Waals surface area contributed by atoms with Crippen molar-refractivity contribution < 1.29 is 9.69 Å². The van der Waals surface area contributed by atoms with Gasteiger partial charge in [0.25, 0.3) is 5.91 Å². The fraction of sp³-hybridized carbons (Fsp3) is 0.360. The highest BCUT2D eigenvalue weighted by Gasteiger charge is 2.26. The van der Waals surface area contributed by atoms with E-state index in [0.717, 1.165) is 48.4 Å². The Morgan fingerprint density at radius 3 is 2.50 bits per heavy atom. The molecule has 2 aromatic carbocycles. The summed E-state index contributed by atoms with van der Waals surface area (Å²) in [7, 11) is 0. The van der Waals surface area contributed by atoms with Crippen LogP contribution in [0.5, 0.6) is 0 Å². The van der Waals surface area contributed by atoms with Gasteiger partial charge in [-0.15, -0.1) is 0 Å². The van der Waals surface area contributed by atoms with E-state index >= 15 is 0 Å². The fourth-order valence-corrected chi connectivity index (χ4v) is 4.33. The number of hydrogen-bond acceptors (Lipinski definition) is 2. The van der Waals surface area contributed by atoms with E-state index in [2.05, 4.69) is 25.2 Å². The summed E-state index contributed by atoms with van der Waals surface area (Å²) in [4.78, 5) is 15.0. The van der Waals surface area contributed by atoms with Gasteiger partial charge < -0.3 is 10.2 Å². The first-order valence-electron chi connectivity index (χ1n) is 11.0. The quantitative estimate of drug-likeness (QED) is 0.665. The zero-order valence-electron chi connectivity index (χ0n) is 17.9. The lowest BCUT2D eigenvalue weighted by Crippen LogP contribution is -3.13. The van der Waals surface area contributed by atoms with Gasteiger partial charge in [0.15, 0.2) is 0 Å². The minimum absolute atomic E-state index is 0.0284. The summed E-state index contributed by atoms with van der Waals surface area (Å²) in [6.07, 6.45) is 5.15. The van der Waals surface area contributed by atoms with E-state index in [0.29, 0.717) is 5.56 Å². The molecule has 5 heteroatoms. The molecule has 0 atom stereocenters. The van der Waals surface area contributed by atoms with E-state index in [1.54, 1.807) is 4.90 Å². The Morgan fingerprint density at radius 2 is 1.80 bits per heavy atom. The zero-order chi connectivity index (χ0) is 20.9. The molecule has 1 aliphatic rings. The van der Waals surface area contributed by atoms with E-state index in [1.165, 1.54) is 13.0 Å². The molecule has 1 fully saturated rings. The lowest BCUT2D eigenvalue weighted by molar-refractivity contribution is -0.905. The molecule has 0 bridgehead atoms. The number of aromatic nitrogens is 2. The van der Waals surface area contributed by atoms with Crippen LogP contribution in [0.15, 0.2) is 60.8 Å². The standard InChI is InChI=1S/C25H30N4O/c1-3-15-28-16-13-20(14-17-28)26-25(30)23-18-29(21-10-5-4-6-11-21)27-24(23)22-12-8-7-9-19(22)2/h4-12,18,20H,3,13-17H2,1-2H3,(H,26,30)/p+1. The van der Waals surface area contributed by atoms with Gasteiger partial charge in [0.2, 0.25) is 0 Å². The van der Waals surface area contributed by atoms with Gasteiger partial charge in [0.05, 0.1) is 30.9 Å². The van der Waals surface area contributed by atoms with Crippen LogP contribution in [-0.2, 0) is 0 Å². The molecule has 1 saturated heterocycles. The maximum atomic E-state index is 13.3. The lowest BCUT2D eigenvalue weighted by Gasteiger charge is -2.29. The highest BCUT2D eigenvalue weighted by atomic mass is 16.1. The van der Waals surface area contributed by atoms with Crippen molar-refractivity contribution >= 4 is 5.91 Å². The number of rotatable bonds is 6. The number of carbonyl (C=O) groups is 1. The Bertz CT molecular complexity index is 987. The molecular formula is C25H31N4O+. The second-order valence-electron chi connectivity index (χ2n) is 8.23. The van der Waals surface area contributed by atoms with Crippen LogP contribution in [0.4, 0.5) is 0 Å². The van der Waals surface area contributed by atoms with Crippen LogP contribution in [0, 0.1) is 6.92 Å². The minimum Gasteiger partial charge on any atom is -0.349 e. The van der Waals surface area contributed by atoms with E-state index in [4.69, 9.17) is 5.10 Å². The highest BCUT2D eigenvalue weighted by molar-refractivity contribution is 6.00. The largest absolute Gasteiger partial charge is 0.349 e.